The molecule has 0 saturated carbocycles. The smallest absolute Gasteiger partial charge is 0.0345 e. The topological polar surface area (TPSA) is 0 Å². The Balaban J connectivity index is 1.28. The normalized spacial score (nSPS) is 11.5. The highest BCUT2D eigenvalue weighted by atomic mass is 32.1. The van der Waals surface area contributed by atoms with Crippen molar-refractivity contribution < 1.29 is 0 Å². The Kier molecular flexibility index (Phi) is 14.3. The van der Waals surface area contributed by atoms with E-state index in [2.05, 4.69) is 37.3 Å². The molecule has 1 heterocycles. The van der Waals surface area contributed by atoms with Gasteiger partial charge in [0.1, 0.15) is 0 Å². The van der Waals surface area contributed by atoms with Crippen molar-refractivity contribution >= 4 is 21.4 Å². The van der Waals surface area contributed by atoms with Crippen LogP contribution in [0.1, 0.15) is 127 Å². The first-order valence-corrected chi connectivity index (χ1v) is 13.7. The molecule has 1 heteroatoms. The van der Waals surface area contributed by atoms with Gasteiger partial charge in [0.2, 0.25) is 0 Å². The van der Waals surface area contributed by atoms with E-state index in [0.717, 1.165) is 0 Å². The average Bonchev–Trinajstić information content (AvgIpc) is 3.16. The number of unbranched alkanes of at least 4 members (excludes halogenated alkanes) is 17. The summed E-state index contributed by atoms with van der Waals surface area (Å²) in [7, 11) is 0. The van der Waals surface area contributed by atoms with E-state index in [1.165, 1.54) is 132 Å². The van der Waals surface area contributed by atoms with Gasteiger partial charge >= 0.3 is 0 Å². The van der Waals surface area contributed by atoms with Gasteiger partial charge in [-0.25, -0.2) is 0 Å². The first-order valence-electron chi connectivity index (χ1n) is 12.9. The molecule has 2 rings (SSSR count). The van der Waals surface area contributed by atoms with Gasteiger partial charge in [-0.1, -0.05) is 134 Å². The van der Waals surface area contributed by atoms with Gasteiger partial charge in [-0.2, -0.15) is 0 Å². The maximum atomic E-state index is 2.40. The van der Waals surface area contributed by atoms with Crippen LogP contribution in [0.25, 0.3) is 10.1 Å². The molecule has 0 bridgehead atoms. The van der Waals surface area contributed by atoms with Gasteiger partial charge < -0.3 is 0 Å². The highest BCUT2D eigenvalue weighted by Crippen LogP contribution is 2.26. The van der Waals surface area contributed by atoms with E-state index < -0.39 is 0 Å². The first kappa shape index (κ1) is 24.4. The minimum absolute atomic E-state index is 1.28. The average molecular weight is 415 g/mol. The fraction of sp³-hybridized carbons (Fsp3) is 0.714. The van der Waals surface area contributed by atoms with Crippen molar-refractivity contribution in [3.05, 3.63) is 35.2 Å². The second-order valence-corrected chi connectivity index (χ2v) is 10.2. The van der Waals surface area contributed by atoms with Crippen molar-refractivity contribution in [2.45, 2.75) is 129 Å². The molecular weight excluding hydrogens is 368 g/mol. The van der Waals surface area contributed by atoms with E-state index in [1.807, 2.05) is 11.3 Å². The summed E-state index contributed by atoms with van der Waals surface area (Å²) in [4.78, 5) is 1.57. The number of fused-ring (bicyclic) bond motifs is 1. The lowest BCUT2D eigenvalue weighted by atomic mass is 10.0. The Morgan fingerprint density at radius 3 is 1.48 bits per heavy atom. The number of hydrogen-bond acceptors (Lipinski definition) is 1. The van der Waals surface area contributed by atoms with Crippen molar-refractivity contribution in [2.24, 2.45) is 0 Å². The van der Waals surface area contributed by atoms with E-state index in [-0.39, 0.29) is 0 Å². The van der Waals surface area contributed by atoms with Gasteiger partial charge in [0.25, 0.3) is 0 Å². The summed E-state index contributed by atoms with van der Waals surface area (Å²) in [6.45, 7) is 2.30. The van der Waals surface area contributed by atoms with Gasteiger partial charge in [-0.05, 0) is 30.4 Å². The van der Waals surface area contributed by atoms with Crippen molar-refractivity contribution in [1.29, 1.82) is 0 Å². The van der Waals surface area contributed by atoms with Crippen LogP contribution in [-0.4, -0.2) is 0 Å². The lowest BCUT2D eigenvalue weighted by molar-refractivity contribution is 0.525. The molecule has 0 atom stereocenters. The molecule has 0 amide bonds. The Bertz CT molecular complexity index is 579. The standard InChI is InChI=1S/C28H46S/c1-2-3-4-5-6-7-8-9-10-11-12-13-14-15-16-17-18-19-23-27-25-26-22-20-21-24-28(26)29-27/h20-22,24-25H,2-19,23H2,1H3. The van der Waals surface area contributed by atoms with Crippen molar-refractivity contribution in [2.75, 3.05) is 0 Å². The molecule has 0 unspecified atom stereocenters. The van der Waals surface area contributed by atoms with Crippen LogP contribution in [0.15, 0.2) is 30.3 Å². The zero-order valence-electron chi connectivity index (χ0n) is 19.2. The molecule has 1 aromatic carbocycles. The summed E-state index contributed by atoms with van der Waals surface area (Å²) in [5.74, 6) is 0. The fourth-order valence-corrected chi connectivity index (χ4v) is 5.47. The van der Waals surface area contributed by atoms with E-state index in [4.69, 9.17) is 0 Å². The zero-order chi connectivity index (χ0) is 20.4. The van der Waals surface area contributed by atoms with Crippen LogP contribution < -0.4 is 0 Å². The molecule has 164 valence electrons. The molecule has 0 aliphatic heterocycles. The van der Waals surface area contributed by atoms with Crippen LogP contribution in [0.3, 0.4) is 0 Å². The first-order chi connectivity index (χ1) is 14.4. The maximum absolute atomic E-state index is 2.40. The summed E-state index contributed by atoms with van der Waals surface area (Å²) in [6, 6.07) is 11.2. The molecule has 0 nitrogen and oxygen atoms in total. The van der Waals surface area contributed by atoms with Crippen LogP contribution in [-0.2, 0) is 6.42 Å². The van der Waals surface area contributed by atoms with Gasteiger partial charge in [0, 0.05) is 9.58 Å². The monoisotopic (exact) mass is 414 g/mol. The van der Waals surface area contributed by atoms with Crippen LogP contribution in [0, 0.1) is 0 Å². The number of rotatable bonds is 19. The van der Waals surface area contributed by atoms with Crippen LogP contribution in [0.5, 0.6) is 0 Å². The third kappa shape index (κ3) is 11.8. The molecule has 29 heavy (non-hydrogen) atoms. The van der Waals surface area contributed by atoms with Gasteiger partial charge in [0.05, 0.1) is 0 Å². The van der Waals surface area contributed by atoms with Crippen molar-refractivity contribution in [1.82, 2.24) is 0 Å². The highest BCUT2D eigenvalue weighted by Gasteiger charge is 2.01. The second-order valence-electron chi connectivity index (χ2n) is 9.01. The lowest BCUT2D eigenvalue weighted by Crippen LogP contribution is -1.85. The van der Waals surface area contributed by atoms with Gasteiger partial charge in [0.15, 0.2) is 0 Å². The van der Waals surface area contributed by atoms with E-state index in [0.29, 0.717) is 0 Å². The minimum atomic E-state index is 1.28. The third-order valence-corrected chi connectivity index (χ3v) is 7.43. The lowest BCUT2D eigenvalue weighted by Gasteiger charge is -2.04. The molecule has 0 fully saturated rings. The predicted molar refractivity (Wildman–Crippen MR) is 134 cm³/mol. The minimum Gasteiger partial charge on any atom is -0.140 e. The molecule has 0 radical (unpaired) electrons. The summed E-state index contributed by atoms with van der Waals surface area (Å²) in [6.07, 6.45) is 27.4. The predicted octanol–water partition coefficient (Wildman–Crippen LogP) is 10.5. The van der Waals surface area contributed by atoms with Crippen molar-refractivity contribution in [3.8, 4) is 0 Å². The highest BCUT2D eigenvalue weighted by molar-refractivity contribution is 7.19. The zero-order valence-corrected chi connectivity index (χ0v) is 20.0. The summed E-state index contributed by atoms with van der Waals surface area (Å²) in [5.41, 5.74) is 0. The Hall–Kier alpha value is -0.820. The van der Waals surface area contributed by atoms with E-state index in [1.54, 1.807) is 4.88 Å². The van der Waals surface area contributed by atoms with E-state index in [9.17, 15) is 0 Å². The summed E-state index contributed by atoms with van der Waals surface area (Å²) in [5, 5.41) is 1.43. The molecule has 0 aliphatic carbocycles. The largest absolute Gasteiger partial charge is 0.140 e. The Labute approximate surface area is 185 Å². The fourth-order valence-electron chi connectivity index (χ4n) is 4.36. The molecule has 0 spiro atoms. The van der Waals surface area contributed by atoms with E-state index >= 15 is 0 Å². The van der Waals surface area contributed by atoms with Crippen LogP contribution in [0.2, 0.25) is 0 Å². The third-order valence-electron chi connectivity index (χ3n) is 6.25. The molecule has 2 aromatic rings. The van der Waals surface area contributed by atoms with Gasteiger partial charge in [-0.15, -0.1) is 11.3 Å². The summed E-state index contributed by atoms with van der Waals surface area (Å²) >= 11 is 1.99. The maximum Gasteiger partial charge on any atom is 0.0345 e. The summed E-state index contributed by atoms with van der Waals surface area (Å²) < 4.78 is 1.45. The molecular formula is C28H46S. The van der Waals surface area contributed by atoms with Crippen LogP contribution >= 0.6 is 11.3 Å². The molecule has 1 aromatic heterocycles. The molecule has 0 N–H and O–H groups in total. The quantitative estimate of drug-likeness (QED) is 0.200. The van der Waals surface area contributed by atoms with Crippen molar-refractivity contribution in [3.63, 3.8) is 0 Å². The SMILES string of the molecule is CCCCCCCCCCCCCCCCCCCCc1cc2ccccc2s1. The van der Waals surface area contributed by atoms with Gasteiger partial charge in [-0.3, -0.25) is 0 Å². The number of aryl methyl sites for hydroxylation is 1. The number of hydrogen-bond donors (Lipinski definition) is 0. The number of thiophene rings is 1. The molecule has 0 saturated heterocycles. The van der Waals surface area contributed by atoms with Crippen LogP contribution in [0.4, 0.5) is 0 Å². The number of benzene rings is 1. The second kappa shape index (κ2) is 16.9. The molecule has 0 aliphatic rings. The Morgan fingerprint density at radius 1 is 0.552 bits per heavy atom. The Morgan fingerprint density at radius 2 is 1.00 bits per heavy atom.